The first kappa shape index (κ1) is 12.3. The van der Waals surface area contributed by atoms with Gasteiger partial charge in [-0.15, -0.1) is 0 Å². The lowest BCUT2D eigenvalue weighted by molar-refractivity contribution is -0.140. The third kappa shape index (κ3) is 3.80. The maximum atomic E-state index is 11.1. The number of aliphatic hydroxyl groups excluding tert-OH is 1. The summed E-state index contributed by atoms with van der Waals surface area (Å²) in [5, 5.41) is 8.97. The highest BCUT2D eigenvalue weighted by atomic mass is 16.5. The predicted molar refractivity (Wildman–Crippen MR) is 50.6 cm³/mol. The van der Waals surface area contributed by atoms with Gasteiger partial charge in [0, 0.05) is 0 Å². The van der Waals surface area contributed by atoms with Crippen LogP contribution in [0.15, 0.2) is 24.8 Å². The summed E-state index contributed by atoms with van der Waals surface area (Å²) in [6.45, 7) is 8.18. The van der Waals surface area contributed by atoms with Gasteiger partial charge in [-0.1, -0.05) is 19.2 Å². The van der Waals surface area contributed by atoms with Gasteiger partial charge in [-0.2, -0.15) is 4.79 Å². The molecular weight excluding hydrogens is 184 g/mol. The number of rotatable bonds is 5. The maximum Gasteiger partial charge on any atom is 0.420 e. The summed E-state index contributed by atoms with van der Waals surface area (Å²) in [5.74, 6) is -0.884. The van der Waals surface area contributed by atoms with Crippen molar-refractivity contribution < 1.29 is 19.4 Å². The molecule has 5 heteroatoms. The van der Waals surface area contributed by atoms with Crippen molar-refractivity contribution in [1.29, 1.82) is 0 Å². The predicted octanol–water partition coefficient (Wildman–Crippen LogP) is 0.323. The van der Waals surface area contributed by atoms with Crippen molar-refractivity contribution >= 4 is 11.7 Å². The summed E-state index contributed by atoms with van der Waals surface area (Å²) in [7, 11) is 0. The molecule has 0 aliphatic rings. The van der Waals surface area contributed by atoms with E-state index >= 15 is 0 Å². The molecule has 0 spiro atoms. The molecule has 0 aromatic carbocycles. The van der Waals surface area contributed by atoms with Crippen LogP contribution in [-0.2, 0) is 9.53 Å². The highest BCUT2D eigenvalue weighted by molar-refractivity contribution is 6.35. The molecule has 76 valence electrons. The fraction of sp³-hybridized carbons (Fsp3) is 0.333. The summed E-state index contributed by atoms with van der Waals surface area (Å²) in [5.41, 5.74) is 8.45. The molecule has 1 unspecified atom stereocenters. The Kier molecular flexibility index (Phi) is 5.14. The van der Waals surface area contributed by atoms with Crippen LogP contribution >= 0.6 is 0 Å². The van der Waals surface area contributed by atoms with E-state index in [-0.39, 0.29) is 6.61 Å². The average Bonchev–Trinajstić information content (AvgIpc) is 2.14. The number of carbonyl (C=O) groups excluding carboxylic acids is 1. The minimum atomic E-state index is -1.18. The lowest BCUT2D eigenvalue weighted by Gasteiger charge is -2.02. The molecule has 0 heterocycles. The first-order chi connectivity index (χ1) is 6.52. The Labute approximate surface area is 81.9 Å². The van der Waals surface area contributed by atoms with Gasteiger partial charge in [0.25, 0.3) is 0 Å². The molecule has 0 aliphatic carbocycles. The molecule has 0 amide bonds. The summed E-state index contributed by atoms with van der Waals surface area (Å²) in [6, 6.07) is 0. The Hall–Kier alpha value is -1.71. The van der Waals surface area contributed by atoms with E-state index in [0.29, 0.717) is 5.57 Å². The van der Waals surface area contributed by atoms with Crippen molar-refractivity contribution in [3.05, 3.63) is 30.3 Å². The summed E-state index contributed by atoms with van der Waals surface area (Å²) in [6.07, 6.45) is 0.260. The molecule has 0 aromatic rings. The molecule has 0 aliphatic heterocycles. The fourth-order valence-electron chi connectivity index (χ4n) is 0.586. The normalized spacial score (nSPS) is 11.0. The van der Waals surface area contributed by atoms with Crippen LogP contribution in [0.25, 0.3) is 5.53 Å². The molecule has 0 saturated heterocycles. The van der Waals surface area contributed by atoms with Crippen LogP contribution in [0.5, 0.6) is 0 Å². The zero-order valence-electron chi connectivity index (χ0n) is 7.93. The van der Waals surface area contributed by atoms with Crippen LogP contribution in [0.2, 0.25) is 0 Å². The van der Waals surface area contributed by atoms with Crippen LogP contribution in [0.4, 0.5) is 0 Å². The Morgan fingerprint density at radius 3 is 2.71 bits per heavy atom. The molecule has 0 fully saturated rings. The quantitative estimate of drug-likeness (QED) is 0.226. The van der Waals surface area contributed by atoms with E-state index in [1.54, 1.807) is 0 Å². The molecule has 1 N–H and O–H groups in total. The van der Waals surface area contributed by atoms with Gasteiger partial charge in [0.1, 0.15) is 6.61 Å². The Balaban J connectivity index is 4.28. The molecule has 0 rings (SSSR count). The van der Waals surface area contributed by atoms with Crippen molar-refractivity contribution in [2.24, 2.45) is 0 Å². The molecule has 1 atom stereocenters. The molecule has 0 radical (unpaired) electrons. The lowest BCUT2D eigenvalue weighted by Crippen LogP contribution is -2.29. The van der Waals surface area contributed by atoms with Crippen molar-refractivity contribution in [3.63, 3.8) is 0 Å². The summed E-state index contributed by atoms with van der Waals surface area (Å²) >= 11 is 0. The average molecular weight is 196 g/mol. The molecule has 14 heavy (non-hydrogen) atoms. The van der Waals surface area contributed by atoms with Crippen molar-refractivity contribution in [1.82, 2.24) is 0 Å². The molecular formula is C9H12N2O3. The van der Waals surface area contributed by atoms with E-state index in [1.807, 2.05) is 0 Å². The van der Waals surface area contributed by atoms with Gasteiger partial charge in [0.2, 0.25) is 0 Å². The number of hydrogen-bond acceptors (Lipinski definition) is 3. The van der Waals surface area contributed by atoms with E-state index in [0.717, 1.165) is 0 Å². The van der Waals surface area contributed by atoms with Crippen molar-refractivity contribution in [2.45, 2.75) is 13.0 Å². The summed E-state index contributed by atoms with van der Waals surface area (Å²) < 4.78 is 4.65. The van der Waals surface area contributed by atoms with E-state index < -0.39 is 17.8 Å². The van der Waals surface area contributed by atoms with Crippen LogP contribution in [-0.4, -0.2) is 34.3 Å². The lowest BCUT2D eigenvalue weighted by atomic mass is 10.2. The zero-order valence-corrected chi connectivity index (χ0v) is 7.93. The third-order valence-electron chi connectivity index (χ3n) is 1.39. The standard InChI is InChI=1S/C9H12N2O3/c1-4-6(2)5-14-9(13)8(11-10)7(3)12/h4,7,12H,1-2,5H2,3H3. The SMILES string of the molecule is C=CC(=C)COC(=O)C(=[N+]=[N-])C(C)O. The van der Waals surface area contributed by atoms with E-state index in [1.165, 1.54) is 13.0 Å². The van der Waals surface area contributed by atoms with Crippen LogP contribution < -0.4 is 0 Å². The monoisotopic (exact) mass is 196 g/mol. The second-order valence-corrected chi connectivity index (χ2v) is 2.60. The van der Waals surface area contributed by atoms with Crippen LogP contribution in [0.1, 0.15) is 6.92 Å². The van der Waals surface area contributed by atoms with Crippen molar-refractivity contribution in [2.75, 3.05) is 6.61 Å². The second-order valence-electron chi connectivity index (χ2n) is 2.60. The van der Waals surface area contributed by atoms with Gasteiger partial charge in [0.15, 0.2) is 6.10 Å². The minimum Gasteiger partial charge on any atom is -0.452 e. The Morgan fingerprint density at radius 2 is 2.36 bits per heavy atom. The maximum absolute atomic E-state index is 11.1. The Morgan fingerprint density at radius 1 is 1.79 bits per heavy atom. The molecule has 0 bridgehead atoms. The number of nitrogens with zero attached hydrogens (tertiary/aromatic N) is 2. The van der Waals surface area contributed by atoms with Crippen LogP contribution in [0, 0.1) is 0 Å². The van der Waals surface area contributed by atoms with E-state index in [4.69, 9.17) is 10.6 Å². The smallest absolute Gasteiger partial charge is 0.420 e. The van der Waals surface area contributed by atoms with Gasteiger partial charge in [0.05, 0.1) is 0 Å². The third-order valence-corrected chi connectivity index (χ3v) is 1.39. The number of esters is 1. The minimum absolute atomic E-state index is 0.0475. The molecule has 0 aromatic heterocycles. The number of carbonyl (C=O) groups is 1. The number of aliphatic hydroxyl groups is 1. The Bertz CT molecular complexity index is 301. The zero-order chi connectivity index (χ0) is 11.1. The topological polar surface area (TPSA) is 82.9 Å². The molecule has 5 nitrogen and oxygen atoms in total. The van der Waals surface area contributed by atoms with E-state index in [2.05, 4.69) is 22.7 Å². The van der Waals surface area contributed by atoms with Gasteiger partial charge in [-0.25, -0.2) is 4.79 Å². The number of hydrogen-bond donors (Lipinski definition) is 1. The van der Waals surface area contributed by atoms with Crippen LogP contribution in [0.3, 0.4) is 0 Å². The first-order valence-corrected chi connectivity index (χ1v) is 3.90. The van der Waals surface area contributed by atoms with Gasteiger partial charge < -0.3 is 15.4 Å². The summed E-state index contributed by atoms with van der Waals surface area (Å²) in [4.78, 5) is 13.7. The van der Waals surface area contributed by atoms with Gasteiger partial charge in [-0.3, -0.25) is 0 Å². The van der Waals surface area contributed by atoms with Gasteiger partial charge in [-0.05, 0) is 12.5 Å². The largest absolute Gasteiger partial charge is 0.452 e. The van der Waals surface area contributed by atoms with Crippen molar-refractivity contribution in [3.8, 4) is 0 Å². The van der Waals surface area contributed by atoms with E-state index in [9.17, 15) is 4.79 Å². The first-order valence-electron chi connectivity index (χ1n) is 3.90. The highest BCUT2D eigenvalue weighted by Crippen LogP contribution is 1.95. The second kappa shape index (κ2) is 5.85. The molecule has 0 saturated carbocycles. The fourth-order valence-corrected chi connectivity index (χ4v) is 0.586. The number of ether oxygens (including phenoxy) is 1. The van der Waals surface area contributed by atoms with Gasteiger partial charge >= 0.3 is 11.7 Å². The highest BCUT2D eigenvalue weighted by Gasteiger charge is 2.27.